The molecule has 2 heterocycles. The summed E-state index contributed by atoms with van der Waals surface area (Å²) in [5, 5.41) is 4.32. The summed E-state index contributed by atoms with van der Waals surface area (Å²) in [5.41, 5.74) is 3.15. The minimum Gasteiger partial charge on any atom is -0.371 e. The molecular formula is C15H18N4. The average Bonchev–Trinajstić information content (AvgIpc) is 2.88. The molecule has 0 radical (unpaired) electrons. The summed E-state index contributed by atoms with van der Waals surface area (Å²) in [6.45, 7) is 3.21. The van der Waals surface area contributed by atoms with Crippen LogP contribution < -0.4 is 5.32 Å². The van der Waals surface area contributed by atoms with E-state index in [-0.39, 0.29) is 0 Å². The number of nitrogens with one attached hydrogen (secondary N) is 1. The summed E-state index contributed by atoms with van der Waals surface area (Å²) in [4.78, 5) is 9.16. The van der Waals surface area contributed by atoms with Crippen LogP contribution in [-0.4, -0.2) is 21.6 Å². The normalized spacial score (nSPS) is 11.3. The van der Waals surface area contributed by atoms with E-state index in [1.165, 1.54) is 17.3 Å². The predicted molar refractivity (Wildman–Crippen MR) is 79.5 cm³/mol. The monoisotopic (exact) mass is 254 g/mol. The van der Waals surface area contributed by atoms with E-state index in [1.54, 1.807) is 0 Å². The lowest BCUT2D eigenvalue weighted by Crippen LogP contribution is -1.99. The fourth-order valence-electron chi connectivity index (χ4n) is 2.45. The van der Waals surface area contributed by atoms with Gasteiger partial charge in [-0.05, 0) is 12.5 Å². The van der Waals surface area contributed by atoms with Gasteiger partial charge in [0.15, 0.2) is 5.82 Å². The van der Waals surface area contributed by atoms with Crippen molar-refractivity contribution in [2.24, 2.45) is 0 Å². The quantitative estimate of drug-likeness (QED) is 0.775. The van der Waals surface area contributed by atoms with Crippen molar-refractivity contribution in [1.29, 1.82) is 0 Å². The van der Waals surface area contributed by atoms with Gasteiger partial charge in [0, 0.05) is 19.0 Å². The van der Waals surface area contributed by atoms with Crippen LogP contribution >= 0.6 is 0 Å². The van der Waals surface area contributed by atoms with Crippen LogP contribution in [0.15, 0.2) is 30.6 Å². The van der Waals surface area contributed by atoms with E-state index >= 15 is 0 Å². The summed E-state index contributed by atoms with van der Waals surface area (Å²) >= 11 is 0. The van der Waals surface area contributed by atoms with E-state index in [2.05, 4.69) is 38.9 Å². The smallest absolute Gasteiger partial charge is 0.154 e. The molecule has 0 fully saturated rings. The van der Waals surface area contributed by atoms with Gasteiger partial charge in [-0.1, -0.05) is 31.5 Å². The molecule has 4 nitrogen and oxygen atoms in total. The first-order valence-electron chi connectivity index (χ1n) is 6.76. The lowest BCUT2D eigenvalue weighted by molar-refractivity contribution is 0.646. The Labute approximate surface area is 112 Å². The van der Waals surface area contributed by atoms with Gasteiger partial charge >= 0.3 is 0 Å². The zero-order valence-corrected chi connectivity index (χ0v) is 11.3. The Balaban J connectivity index is 2.32. The first-order chi connectivity index (χ1) is 9.35. The minimum absolute atomic E-state index is 0.851. The highest BCUT2D eigenvalue weighted by Crippen LogP contribution is 2.28. The highest BCUT2D eigenvalue weighted by atomic mass is 15.1. The topological polar surface area (TPSA) is 42.7 Å². The number of anilines is 1. The number of aromatic nitrogens is 3. The highest BCUT2D eigenvalue weighted by molar-refractivity contribution is 6.06. The van der Waals surface area contributed by atoms with Crippen molar-refractivity contribution >= 4 is 27.8 Å². The Hall–Kier alpha value is -2.10. The number of benzene rings is 1. The number of aryl methyl sites for hydroxylation is 1. The lowest BCUT2D eigenvalue weighted by Gasteiger charge is -2.08. The maximum absolute atomic E-state index is 4.63. The molecule has 0 aliphatic heterocycles. The summed E-state index contributed by atoms with van der Waals surface area (Å²) < 4.78 is 2.24. The largest absolute Gasteiger partial charge is 0.371 e. The van der Waals surface area contributed by atoms with Gasteiger partial charge < -0.3 is 9.88 Å². The highest BCUT2D eigenvalue weighted by Gasteiger charge is 2.12. The van der Waals surface area contributed by atoms with Crippen molar-refractivity contribution in [1.82, 2.24) is 14.5 Å². The van der Waals surface area contributed by atoms with Crippen LogP contribution in [0.1, 0.15) is 19.8 Å². The molecule has 0 atom stereocenters. The van der Waals surface area contributed by atoms with E-state index < -0.39 is 0 Å². The van der Waals surface area contributed by atoms with Gasteiger partial charge in [-0.15, -0.1) is 0 Å². The van der Waals surface area contributed by atoms with Crippen molar-refractivity contribution in [2.75, 3.05) is 12.4 Å². The minimum atomic E-state index is 0.851. The number of hydrogen-bond acceptors (Lipinski definition) is 3. The first-order valence-corrected chi connectivity index (χ1v) is 6.76. The molecule has 3 rings (SSSR count). The van der Waals surface area contributed by atoms with Crippen molar-refractivity contribution in [3.05, 3.63) is 30.6 Å². The molecule has 0 saturated heterocycles. The predicted octanol–water partition coefficient (Wildman–Crippen LogP) is 3.43. The summed E-state index contributed by atoms with van der Waals surface area (Å²) in [6, 6.07) is 8.24. The number of pyridine rings is 1. The van der Waals surface area contributed by atoms with E-state index in [4.69, 9.17) is 0 Å². The third-order valence-corrected chi connectivity index (χ3v) is 3.44. The van der Waals surface area contributed by atoms with Gasteiger partial charge in [-0.3, -0.25) is 0 Å². The van der Waals surface area contributed by atoms with E-state index in [1.807, 2.05) is 25.5 Å². The number of imidazole rings is 1. The number of nitrogens with zero attached hydrogens (tertiary/aromatic N) is 3. The van der Waals surface area contributed by atoms with Gasteiger partial charge in [0.2, 0.25) is 0 Å². The van der Waals surface area contributed by atoms with E-state index in [0.717, 1.165) is 29.8 Å². The Morgan fingerprint density at radius 1 is 1.26 bits per heavy atom. The zero-order chi connectivity index (χ0) is 13.2. The number of para-hydroxylation sites is 1. The van der Waals surface area contributed by atoms with Crippen LogP contribution in [0.2, 0.25) is 0 Å². The SMILES string of the molecule is CCCCn1cnc2c(NC)nc3ccccc3c21. The number of unbranched alkanes of at least 4 members (excludes halogenated alkanes) is 1. The van der Waals surface area contributed by atoms with E-state index in [0.29, 0.717) is 0 Å². The van der Waals surface area contributed by atoms with E-state index in [9.17, 15) is 0 Å². The van der Waals surface area contributed by atoms with Crippen LogP contribution in [0.5, 0.6) is 0 Å². The summed E-state index contributed by atoms with van der Waals surface area (Å²) in [7, 11) is 1.89. The Bertz CT molecular complexity index is 715. The van der Waals surface area contributed by atoms with Gasteiger partial charge in [0.25, 0.3) is 0 Å². The van der Waals surface area contributed by atoms with Crippen LogP contribution in [0.3, 0.4) is 0 Å². The maximum atomic E-state index is 4.63. The first kappa shape index (κ1) is 12.0. The second-order valence-electron chi connectivity index (χ2n) is 4.72. The van der Waals surface area contributed by atoms with Gasteiger partial charge in [0.05, 0.1) is 17.4 Å². The third-order valence-electron chi connectivity index (χ3n) is 3.44. The fourth-order valence-corrected chi connectivity index (χ4v) is 2.45. The maximum Gasteiger partial charge on any atom is 0.154 e. The molecule has 3 aromatic rings. The van der Waals surface area contributed by atoms with Crippen molar-refractivity contribution in [3.63, 3.8) is 0 Å². The van der Waals surface area contributed by atoms with Crippen molar-refractivity contribution in [3.8, 4) is 0 Å². The molecule has 1 aromatic carbocycles. The van der Waals surface area contributed by atoms with Crippen molar-refractivity contribution < 1.29 is 0 Å². The molecule has 0 unspecified atom stereocenters. The van der Waals surface area contributed by atoms with Gasteiger partial charge in [0.1, 0.15) is 5.52 Å². The third kappa shape index (κ3) is 1.93. The molecule has 4 heteroatoms. The van der Waals surface area contributed by atoms with Crippen LogP contribution in [-0.2, 0) is 6.54 Å². The number of fused-ring (bicyclic) bond motifs is 3. The molecule has 19 heavy (non-hydrogen) atoms. The van der Waals surface area contributed by atoms with Crippen LogP contribution in [0.4, 0.5) is 5.82 Å². The molecule has 0 spiro atoms. The molecule has 0 aliphatic carbocycles. The van der Waals surface area contributed by atoms with Gasteiger partial charge in [-0.25, -0.2) is 9.97 Å². The number of rotatable bonds is 4. The van der Waals surface area contributed by atoms with Crippen LogP contribution in [0.25, 0.3) is 21.9 Å². The second kappa shape index (κ2) is 4.88. The molecule has 0 amide bonds. The molecule has 98 valence electrons. The molecule has 2 aromatic heterocycles. The molecular weight excluding hydrogens is 236 g/mol. The summed E-state index contributed by atoms with van der Waals surface area (Å²) in [5.74, 6) is 0.851. The Morgan fingerprint density at radius 2 is 2.11 bits per heavy atom. The molecule has 0 aliphatic rings. The average molecular weight is 254 g/mol. The van der Waals surface area contributed by atoms with Crippen LogP contribution in [0, 0.1) is 0 Å². The number of hydrogen-bond donors (Lipinski definition) is 1. The fraction of sp³-hybridized carbons (Fsp3) is 0.333. The Morgan fingerprint density at radius 3 is 2.89 bits per heavy atom. The lowest BCUT2D eigenvalue weighted by atomic mass is 10.2. The van der Waals surface area contributed by atoms with Crippen molar-refractivity contribution in [2.45, 2.75) is 26.3 Å². The zero-order valence-electron chi connectivity index (χ0n) is 11.3. The molecule has 0 saturated carbocycles. The van der Waals surface area contributed by atoms with Gasteiger partial charge in [-0.2, -0.15) is 0 Å². The standard InChI is InChI=1S/C15H18N4/c1-3-4-9-19-10-17-13-14(19)11-7-5-6-8-12(11)18-15(13)16-2/h5-8,10H,3-4,9H2,1-2H3,(H,16,18). The molecule has 1 N–H and O–H groups in total. The Kier molecular flexibility index (Phi) is 3.07. The summed E-state index contributed by atoms with van der Waals surface area (Å²) in [6.07, 6.45) is 4.27. The molecule has 0 bridgehead atoms. The second-order valence-corrected chi connectivity index (χ2v) is 4.72.